The molecule has 34 heavy (non-hydrogen) atoms. The summed E-state index contributed by atoms with van der Waals surface area (Å²) >= 11 is 0. The van der Waals surface area contributed by atoms with Crippen molar-refractivity contribution in [3.8, 4) is 23.0 Å². The number of amides is 2. The van der Waals surface area contributed by atoms with E-state index in [4.69, 9.17) is 14.2 Å². The molecule has 3 rings (SSSR count). The van der Waals surface area contributed by atoms with Crippen molar-refractivity contribution in [1.82, 2.24) is 10.6 Å². The Morgan fingerprint density at radius 3 is 2.79 bits per heavy atom. The summed E-state index contributed by atoms with van der Waals surface area (Å²) in [5.41, 5.74) is 1.99. The van der Waals surface area contributed by atoms with E-state index in [0.717, 1.165) is 5.56 Å². The van der Waals surface area contributed by atoms with Gasteiger partial charge in [0.25, 0.3) is 5.91 Å². The summed E-state index contributed by atoms with van der Waals surface area (Å²) in [5, 5.41) is 31.7. The predicted octanol–water partition coefficient (Wildman–Crippen LogP) is 2.10. The van der Waals surface area contributed by atoms with Gasteiger partial charge in [0, 0.05) is 36.8 Å². The molecule has 11 nitrogen and oxygen atoms in total. The second-order valence-corrected chi connectivity index (χ2v) is 7.79. The molecular formula is C23H30N4O7. The number of carbonyl (C=O) groups is 2. The zero-order chi connectivity index (χ0) is 24.7. The summed E-state index contributed by atoms with van der Waals surface area (Å²) in [7, 11) is 3.25. The Morgan fingerprint density at radius 1 is 1.26 bits per heavy atom. The molecule has 0 bridgehead atoms. The molecule has 0 fully saturated rings. The number of likely N-dealkylation sites (N-methyl/N-ethyl adjacent to an activating group) is 1. The van der Waals surface area contributed by atoms with E-state index >= 15 is 0 Å². The predicted molar refractivity (Wildman–Crippen MR) is 126 cm³/mol. The lowest BCUT2D eigenvalue weighted by Crippen LogP contribution is -2.27. The summed E-state index contributed by atoms with van der Waals surface area (Å²) in [6, 6.07) is 6.33. The quantitative estimate of drug-likeness (QED) is 0.225. The van der Waals surface area contributed by atoms with Crippen LogP contribution >= 0.6 is 0 Å². The number of hydrogen-bond acceptors (Lipinski definition) is 9. The second kappa shape index (κ2) is 11.4. The molecule has 0 saturated heterocycles. The molecule has 0 radical (unpaired) electrons. The largest absolute Gasteiger partial charge is 0.506 e. The highest BCUT2D eigenvalue weighted by molar-refractivity contribution is 5.97. The molecular weight excluding hydrogens is 444 g/mol. The minimum atomic E-state index is -0.678. The SMILES string of the molecule is CNCCOC(=O)Nc1cc(OC)c(CNCC(C)c2ccc(O)c3c2OCC(=O)N3)cc1O. The Labute approximate surface area is 197 Å². The summed E-state index contributed by atoms with van der Waals surface area (Å²) in [5.74, 6) is 0.441. The summed E-state index contributed by atoms with van der Waals surface area (Å²) in [6.07, 6.45) is -0.678. The number of phenolic OH excluding ortho intramolecular Hbond substituents is 2. The van der Waals surface area contributed by atoms with Gasteiger partial charge in [-0.15, -0.1) is 0 Å². The molecule has 1 unspecified atom stereocenters. The Morgan fingerprint density at radius 2 is 2.06 bits per heavy atom. The molecule has 1 atom stereocenters. The van der Waals surface area contributed by atoms with Gasteiger partial charge in [0.15, 0.2) is 12.4 Å². The van der Waals surface area contributed by atoms with Crippen LogP contribution in [0.2, 0.25) is 0 Å². The molecule has 184 valence electrons. The Balaban J connectivity index is 1.63. The zero-order valence-electron chi connectivity index (χ0n) is 19.4. The van der Waals surface area contributed by atoms with Crippen molar-refractivity contribution in [2.24, 2.45) is 0 Å². The van der Waals surface area contributed by atoms with Gasteiger partial charge >= 0.3 is 6.09 Å². The highest BCUT2D eigenvalue weighted by Gasteiger charge is 2.24. The van der Waals surface area contributed by atoms with Gasteiger partial charge in [-0.05, 0) is 25.1 Å². The molecule has 2 amide bonds. The fraction of sp³-hybridized carbons (Fsp3) is 0.391. The van der Waals surface area contributed by atoms with E-state index in [1.807, 2.05) is 6.92 Å². The summed E-state index contributed by atoms with van der Waals surface area (Å²) < 4.78 is 16.0. The number of anilines is 2. The highest BCUT2D eigenvalue weighted by atomic mass is 16.5. The second-order valence-electron chi connectivity index (χ2n) is 7.79. The van der Waals surface area contributed by atoms with E-state index < -0.39 is 6.09 Å². The molecule has 0 spiro atoms. The van der Waals surface area contributed by atoms with Crippen LogP contribution in [0, 0.1) is 0 Å². The number of carbonyl (C=O) groups excluding carboxylic acids is 2. The Kier molecular flexibility index (Phi) is 8.39. The van der Waals surface area contributed by atoms with Crippen LogP contribution in [0.25, 0.3) is 0 Å². The van der Waals surface area contributed by atoms with E-state index in [-0.39, 0.29) is 47.9 Å². The van der Waals surface area contributed by atoms with Crippen LogP contribution in [-0.2, 0) is 16.1 Å². The van der Waals surface area contributed by atoms with Gasteiger partial charge in [0.05, 0.1) is 12.8 Å². The van der Waals surface area contributed by atoms with Crippen LogP contribution in [0.3, 0.4) is 0 Å². The Hall–Kier alpha value is -3.70. The average Bonchev–Trinajstić information content (AvgIpc) is 2.81. The number of methoxy groups -OCH3 is 1. The third-order valence-corrected chi connectivity index (χ3v) is 5.30. The highest BCUT2D eigenvalue weighted by Crippen LogP contribution is 2.42. The van der Waals surface area contributed by atoms with E-state index in [1.54, 1.807) is 13.1 Å². The first-order valence-electron chi connectivity index (χ1n) is 10.8. The van der Waals surface area contributed by atoms with Crippen molar-refractivity contribution in [1.29, 1.82) is 0 Å². The van der Waals surface area contributed by atoms with Crippen LogP contribution in [-0.4, -0.2) is 62.7 Å². The number of hydrogen-bond donors (Lipinski definition) is 6. The molecule has 0 aromatic heterocycles. The van der Waals surface area contributed by atoms with Gasteiger partial charge < -0.3 is 40.4 Å². The van der Waals surface area contributed by atoms with Crippen LogP contribution in [0.15, 0.2) is 24.3 Å². The van der Waals surface area contributed by atoms with Crippen LogP contribution in [0.1, 0.15) is 24.0 Å². The first kappa shape index (κ1) is 24.9. The number of phenols is 2. The molecule has 1 aliphatic heterocycles. The first-order valence-corrected chi connectivity index (χ1v) is 10.8. The van der Waals surface area contributed by atoms with Gasteiger partial charge in [-0.2, -0.15) is 0 Å². The lowest BCUT2D eigenvalue weighted by Gasteiger charge is -2.24. The fourth-order valence-corrected chi connectivity index (χ4v) is 3.53. The normalized spacial score (nSPS) is 13.3. The van der Waals surface area contributed by atoms with Gasteiger partial charge in [-0.3, -0.25) is 10.1 Å². The first-order chi connectivity index (χ1) is 16.3. The molecule has 0 aliphatic carbocycles. The lowest BCUT2D eigenvalue weighted by molar-refractivity contribution is -0.118. The lowest BCUT2D eigenvalue weighted by atomic mass is 9.98. The Bertz CT molecular complexity index is 1040. The van der Waals surface area contributed by atoms with E-state index in [0.29, 0.717) is 36.7 Å². The van der Waals surface area contributed by atoms with Gasteiger partial charge in [-0.1, -0.05) is 13.0 Å². The minimum Gasteiger partial charge on any atom is -0.506 e. The van der Waals surface area contributed by atoms with Crippen LogP contribution in [0.5, 0.6) is 23.0 Å². The molecule has 2 aromatic rings. The van der Waals surface area contributed by atoms with Crippen molar-refractivity contribution < 1.29 is 34.0 Å². The number of rotatable bonds is 10. The monoisotopic (exact) mass is 474 g/mol. The molecule has 1 aliphatic rings. The average molecular weight is 475 g/mol. The van der Waals surface area contributed by atoms with E-state index in [2.05, 4.69) is 21.3 Å². The third-order valence-electron chi connectivity index (χ3n) is 5.30. The van der Waals surface area contributed by atoms with Gasteiger partial charge in [0.2, 0.25) is 0 Å². The number of aromatic hydroxyl groups is 2. The minimum absolute atomic E-state index is 0.0164. The molecule has 6 N–H and O–H groups in total. The van der Waals surface area contributed by atoms with Crippen molar-refractivity contribution >= 4 is 23.4 Å². The summed E-state index contributed by atoms with van der Waals surface area (Å²) in [6.45, 7) is 3.51. The van der Waals surface area contributed by atoms with E-state index in [1.165, 1.54) is 25.3 Å². The molecule has 11 heteroatoms. The summed E-state index contributed by atoms with van der Waals surface area (Å²) in [4.78, 5) is 23.5. The van der Waals surface area contributed by atoms with Crippen molar-refractivity contribution in [2.45, 2.75) is 19.4 Å². The molecule has 1 heterocycles. The van der Waals surface area contributed by atoms with Crippen LogP contribution in [0.4, 0.5) is 16.2 Å². The van der Waals surface area contributed by atoms with Gasteiger partial charge in [-0.25, -0.2) is 4.79 Å². The smallest absolute Gasteiger partial charge is 0.411 e. The topological polar surface area (TPSA) is 150 Å². The fourth-order valence-electron chi connectivity index (χ4n) is 3.53. The number of ether oxygens (including phenoxy) is 3. The maximum absolute atomic E-state index is 11.9. The number of fused-ring (bicyclic) bond motifs is 1. The van der Waals surface area contributed by atoms with Crippen LogP contribution < -0.4 is 30.7 Å². The third kappa shape index (κ3) is 6.00. The van der Waals surface area contributed by atoms with Gasteiger partial charge in [0.1, 0.15) is 29.5 Å². The van der Waals surface area contributed by atoms with E-state index in [9.17, 15) is 19.8 Å². The number of nitrogens with one attached hydrogen (secondary N) is 4. The molecule has 2 aromatic carbocycles. The standard InChI is InChI=1S/C23H30N4O7/c1-13(15-4-5-17(28)21-22(15)34-12-20(30)27-21)10-25-11-14-8-18(29)16(9-19(14)32-3)26-23(31)33-7-6-24-2/h4-5,8-9,13,24-25,28-29H,6-7,10-12H2,1-3H3,(H,26,31)(H,27,30). The van der Waals surface area contributed by atoms with Crippen molar-refractivity contribution in [2.75, 3.05) is 51.1 Å². The number of benzene rings is 2. The van der Waals surface area contributed by atoms with Crippen molar-refractivity contribution in [3.63, 3.8) is 0 Å². The molecule has 0 saturated carbocycles. The maximum Gasteiger partial charge on any atom is 0.411 e. The maximum atomic E-state index is 11.9. The van der Waals surface area contributed by atoms with Crippen molar-refractivity contribution in [3.05, 3.63) is 35.4 Å². The zero-order valence-corrected chi connectivity index (χ0v) is 19.4.